The molecule has 0 saturated heterocycles. The molecule has 3 aromatic heterocycles. The minimum absolute atomic E-state index is 0.0333. The number of benzene rings is 1. The van der Waals surface area contributed by atoms with E-state index in [0.717, 1.165) is 23.1 Å². The highest BCUT2D eigenvalue weighted by atomic mass is 35.5. The average molecular weight is 673 g/mol. The van der Waals surface area contributed by atoms with E-state index in [-0.39, 0.29) is 39.7 Å². The summed E-state index contributed by atoms with van der Waals surface area (Å²) in [5.41, 5.74) is -0.497. The molecule has 2 N–H and O–H groups in total. The second-order valence-corrected chi connectivity index (χ2v) is 11.2. The molecular weight excluding hydrogens is 649 g/mol. The lowest BCUT2D eigenvalue weighted by molar-refractivity contribution is -0.360. The molecule has 1 fully saturated rings. The van der Waals surface area contributed by atoms with E-state index in [1.807, 2.05) is 0 Å². The minimum Gasteiger partial charge on any atom is -0.352 e. The topological polar surface area (TPSA) is 120 Å². The summed E-state index contributed by atoms with van der Waals surface area (Å²) in [4.78, 5) is 31.3. The third-order valence-electron chi connectivity index (χ3n) is 7.06. The molecule has 0 radical (unpaired) electrons. The first kappa shape index (κ1) is 32.8. The SMILES string of the molecule is Cc1cc(C)c(NC(=O)c2cc(Cn3ncc(C(F)(F)C(F)(F)C(F)(F)F)n3)nn2-c2ncccc2Cl)c(C(=O)NCC2CC2)c1. The highest BCUT2D eigenvalue weighted by Gasteiger charge is 2.74. The lowest BCUT2D eigenvalue weighted by Gasteiger charge is -2.26. The van der Waals surface area contributed by atoms with Gasteiger partial charge in [0, 0.05) is 12.7 Å². The first-order valence-electron chi connectivity index (χ1n) is 13.6. The molecule has 10 nitrogen and oxygen atoms in total. The first-order valence-corrected chi connectivity index (χ1v) is 14.0. The molecule has 3 heterocycles. The van der Waals surface area contributed by atoms with Gasteiger partial charge in [-0.1, -0.05) is 17.7 Å². The average Bonchev–Trinajstić information content (AvgIpc) is 3.52. The second kappa shape index (κ2) is 12.0. The second-order valence-electron chi connectivity index (χ2n) is 10.8. The van der Waals surface area contributed by atoms with Crippen LogP contribution in [0.1, 0.15) is 56.2 Å². The van der Waals surface area contributed by atoms with Crippen LogP contribution in [0.5, 0.6) is 0 Å². The fourth-order valence-electron chi connectivity index (χ4n) is 4.51. The summed E-state index contributed by atoms with van der Waals surface area (Å²) in [6.07, 6.45) is -3.11. The molecule has 0 atom stereocenters. The number of pyridine rings is 1. The number of nitrogens with zero attached hydrogens (tertiary/aromatic N) is 6. The number of rotatable bonds is 10. The van der Waals surface area contributed by atoms with E-state index in [2.05, 4.69) is 30.9 Å². The van der Waals surface area contributed by atoms with Crippen LogP contribution in [0.15, 0.2) is 42.7 Å². The van der Waals surface area contributed by atoms with Crippen molar-refractivity contribution in [1.29, 1.82) is 0 Å². The van der Waals surface area contributed by atoms with Crippen LogP contribution in [-0.2, 0) is 12.5 Å². The smallest absolute Gasteiger partial charge is 0.352 e. The van der Waals surface area contributed by atoms with E-state index >= 15 is 0 Å². The van der Waals surface area contributed by atoms with Crippen molar-refractivity contribution in [3.8, 4) is 5.82 Å². The Labute approximate surface area is 260 Å². The van der Waals surface area contributed by atoms with E-state index in [1.165, 1.54) is 24.4 Å². The largest absolute Gasteiger partial charge is 0.460 e. The maximum absolute atomic E-state index is 14.2. The van der Waals surface area contributed by atoms with Crippen molar-refractivity contribution in [2.75, 3.05) is 11.9 Å². The third kappa shape index (κ3) is 6.41. The van der Waals surface area contributed by atoms with Gasteiger partial charge < -0.3 is 10.6 Å². The van der Waals surface area contributed by atoms with Crippen molar-refractivity contribution < 1.29 is 40.3 Å². The highest BCUT2D eigenvalue weighted by molar-refractivity contribution is 6.32. The number of anilines is 1. The van der Waals surface area contributed by atoms with Crippen molar-refractivity contribution in [3.63, 3.8) is 0 Å². The van der Waals surface area contributed by atoms with Crippen LogP contribution in [0.2, 0.25) is 5.02 Å². The number of alkyl halides is 7. The van der Waals surface area contributed by atoms with E-state index in [1.54, 1.807) is 26.0 Å². The summed E-state index contributed by atoms with van der Waals surface area (Å²) in [6.45, 7) is 3.33. The maximum Gasteiger partial charge on any atom is 0.460 e. The summed E-state index contributed by atoms with van der Waals surface area (Å²) >= 11 is 6.29. The van der Waals surface area contributed by atoms with Crippen LogP contribution in [-0.4, -0.2) is 60.2 Å². The number of carbonyl (C=O) groups is 2. The Morgan fingerprint density at radius 3 is 2.39 bits per heavy atom. The number of hydrogen-bond donors (Lipinski definition) is 2. The molecule has 244 valence electrons. The van der Waals surface area contributed by atoms with Crippen molar-refractivity contribution in [2.45, 2.75) is 51.3 Å². The van der Waals surface area contributed by atoms with Gasteiger partial charge in [0.05, 0.1) is 28.2 Å². The Bertz CT molecular complexity index is 1800. The number of aromatic nitrogens is 6. The van der Waals surface area contributed by atoms with Gasteiger partial charge in [-0.2, -0.15) is 50.8 Å². The fourth-order valence-corrected chi connectivity index (χ4v) is 4.71. The van der Waals surface area contributed by atoms with E-state index < -0.39 is 42.1 Å². The highest BCUT2D eigenvalue weighted by Crippen LogP contribution is 2.51. The zero-order chi connectivity index (χ0) is 33.6. The van der Waals surface area contributed by atoms with Gasteiger partial charge in [-0.25, -0.2) is 9.67 Å². The van der Waals surface area contributed by atoms with Gasteiger partial charge >= 0.3 is 18.0 Å². The molecule has 0 unspecified atom stereocenters. The number of nitrogens with one attached hydrogen (secondary N) is 2. The molecule has 0 aliphatic heterocycles. The predicted molar refractivity (Wildman–Crippen MR) is 149 cm³/mol. The van der Waals surface area contributed by atoms with Gasteiger partial charge in [-0.3, -0.25) is 9.59 Å². The van der Waals surface area contributed by atoms with Crippen LogP contribution in [0.4, 0.5) is 36.4 Å². The minimum atomic E-state index is -6.56. The summed E-state index contributed by atoms with van der Waals surface area (Å²) in [5.74, 6) is -13.0. The molecule has 0 spiro atoms. The van der Waals surface area contributed by atoms with Crippen LogP contribution >= 0.6 is 11.6 Å². The summed E-state index contributed by atoms with van der Waals surface area (Å²) in [7, 11) is 0. The maximum atomic E-state index is 14.2. The molecular formula is C28H24ClF7N8O2. The number of halogens is 8. The van der Waals surface area contributed by atoms with Gasteiger partial charge in [-0.05, 0) is 68.0 Å². The van der Waals surface area contributed by atoms with Crippen molar-refractivity contribution in [3.05, 3.63) is 81.5 Å². The molecule has 1 aliphatic carbocycles. The van der Waals surface area contributed by atoms with Crippen LogP contribution < -0.4 is 10.6 Å². The Hall–Kier alpha value is -4.54. The molecule has 46 heavy (non-hydrogen) atoms. The molecule has 1 aliphatic rings. The molecule has 4 aromatic rings. The lowest BCUT2D eigenvalue weighted by Crippen LogP contribution is -2.50. The monoisotopic (exact) mass is 672 g/mol. The summed E-state index contributed by atoms with van der Waals surface area (Å²) in [5, 5.41) is 16.4. The number of hydrogen-bond acceptors (Lipinski definition) is 6. The van der Waals surface area contributed by atoms with Crippen molar-refractivity contribution >= 4 is 29.1 Å². The van der Waals surface area contributed by atoms with Gasteiger partial charge in [0.25, 0.3) is 11.8 Å². The predicted octanol–water partition coefficient (Wildman–Crippen LogP) is 5.86. The molecule has 5 rings (SSSR count). The Balaban J connectivity index is 1.48. The van der Waals surface area contributed by atoms with Gasteiger partial charge in [0.15, 0.2) is 11.5 Å². The third-order valence-corrected chi connectivity index (χ3v) is 7.35. The first-order chi connectivity index (χ1) is 21.5. The van der Waals surface area contributed by atoms with Gasteiger partial charge in [-0.15, -0.1) is 0 Å². The van der Waals surface area contributed by atoms with Crippen LogP contribution in [0.3, 0.4) is 0 Å². The molecule has 0 bridgehead atoms. The van der Waals surface area contributed by atoms with E-state index in [9.17, 15) is 40.3 Å². The fraction of sp³-hybridized carbons (Fsp3) is 0.357. The molecule has 1 aromatic carbocycles. The van der Waals surface area contributed by atoms with Gasteiger partial charge in [0.2, 0.25) is 0 Å². The normalized spacial score (nSPS) is 14.0. The quantitative estimate of drug-likeness (QED) is 0.204. The number of aryl methyl sites for hydroxylation is 2. The van der Waals surface area contributed by atoms with E-state index in [4.69, 9.17) is 11.6 Å². The van der Waals surface area contributed by atoms with Gasteiger partial charge in [0.1, 0.15) is 12.2 Å². The Morgan fingerprint density at radius 1 is 1.02 bits per heavy atom. The Kier molecular flexibility index (Phi) is 8.57. The molecule has 18 heteroatoms. The van der Waals surface area contributed by atoms with Crippen LogP contribution in [0.25, 0.3) is 5.82 Å². The Morgan fingerprint density at radius 2 is 1.74 bits per heavy atom. The number of amides is 2. The zero-order valence-corrected chi connectivity index (χ0v) is 24.7. The number of carbonyl (C=O) groups excluding carboxylic acids is 2. The lowest BCUT2D eigenvalue weighted by atomic mass is 10.0. The van der Waals surface area contributed by atoms with E-state index in [0.29, 0.717) is 22.8 Å². The standard InChI is InChI=1S/C28H24ClF7N8O2/c1-14-8-15(2)22(18(9-14)24(45)38-11-16-5-6-16)40-25(46)20-10-17(41-44(20)23-19(29)4-3-7-37-23)13-43-39-12-21(42-43)26(30,31)27(32,33)28(34,35)36/h3-4,7-10,12,16H,5-6,11,13H2,1-2H3,(H,38,45)(H,40,46). The summed E-state index contributed by atoms with van der Waals surface area (Å²) < 4.78 is 94.4. The van der Waals surface area contributed by atoms with Crippen molar-refractivity contribution in [1.82, 2.24) is 35.1 Å². The van der Waals surface area contributed by atoms with Crippen LogP contribution in [0, 0.1) is 19.8 Å². The molecule has 1 saturated carbocycles. The molecule has 2 amide bonds. The zero-order valence-electron chi connectivity index (χ0n) is 24.0. The van der Waals surface area contributed by atoms with Crippen molar-refractivity contribution in [2.24, 2.45) is 5.92 Å². The summed E-state index contributed by atoms with van der Waals surface area (Å²) in [6, 6.07) is 7.49.